The summed E-state index contributed by atoms with van der Waals surface area (Å²) < 4.78 is 11.5. The fourth-order valence-electron chi connectivity index (χ4n) is 2.60. The van der Waals surface area contributed by atoms with Crippen molar-refractivity contribution in [3.05, 3.63) is 35.9 Å². The molecule has 1 N–H and O–H groups in total. The number of nitrogens with one attached hydrogen (secondary N) is 1. The van der Waals surface area contributed by atoms with Gasteiger partial charge >= 0.3 is 0 Å². The van der Waals surface area contributed by atoms with Crippen molar-refractivity contribution in [2.24, 2.45) is 0 Å². The largest absolute Gasteiger partial charge is 0.355 e. The highest BCUT2D eigenvalue weighted by Crippen LogP contribution is 2.23. The van der Waals surface area contributed by atoms with Crippen LogP contribution in [-0.4, -0.2) is 40.8 Å². The van der Waals surface area contributed by atoms with Crippen molar-refractivity contribution in [2.75, 3.05) is 36.5 Å². The number of rotatable bonds is 3. The number of para-hydroxylation sites is 1. The Morgan fingerprint density at radius 3 is 2.80 bits per heavy atom. The summed E-state index contributed by atoms with van der Waals surface area (Å²) in [7, 11) is 1.30. The van der Waals surface area contributed by atoms with E-state index in [0.717, 1.165) is 42.5 Å². The van der Waals surface area contributed by atoms with Crippen molar-refractivity contribution >= 4 is 27.5 Å². The minimum atomic E-state index is -0.652. The van der Waals surface area contributed by atoms with E-state index in [9.17, 15) is 4.21 Å². The van der Waals surface area contributed by atoms with E-state index in [1.54, 1.807) is 0 Å². The van der Waals surface area contributed by atoms with Gasteiger partial charge in [0, 0.05) is 47.3 Å². The Bertz CT molecular complexity index is 634. The van der Waals surface area contributed by atoms with Crippen molar-refractivity contribution in [2.45, 2.75) is 6.54 Å². The predicted molar refractivity (Wildman–Crippen MR) is 84.6 cm³/mol. The van der Waals surface area contributed by atoms with E-state index in [0.29, 0.717) is 0 Å². The molecule has 0 aliphatic carbocycles. The Morgan fingerprint density at radius 1 is 1.30 bits per heavy atom. The number of nitrogens with zero attached hydrogens (tertiary/aromatic N) is 2. The third-order valence-corrected chi connectivity index (χ3v) is 4.93. The van der Waals surface area contributed by atoms with Gasteiger partial charge in [0.15, 0.2) is 0 Å². The molecular formula is C15H19N3OS. The first-order chi connectivity index (χ1) is 9.78. The minimum Gasteiger partial charge on any atom is -0.355 e. The van der Waals surface area contributed by atoms with Gasteiger partial charge in [0.1, 0.15) is 5.82 Å². The van der Waals surface area contributed by atoms with Gasteiger partial charge in [-0.05, 0) is 24.7 Å². The van der Waals surface area contributed by atoms with Gasteiger partial charge in [0.05, 0.1) is 5.52 Å². The molecule has 4 nitrogen and oxygen atoms in total. The fourth-order valence-corrected chi connectivity index (χ4v) is 3.65. The maximum Gasteiger partial charge on any atom is 0.129 e. The van der Waals surface area contributed by atoms with Crippen molar-refractivity contribution in [1.29, 1.82) is 0 Å². The summed E-state index contributed by atoms with van der Waals surface area (Å²) in [4.78, 5) is 7.01. The SMILES string of the molecule is CNCc1cc(N2CCS(=O)CC2)nc2ccccc12. The van der Waals surface area contributed by atoms with Gasteiger partial charge in [-0.2, -0.15) is 0 Å². The second kappa shape index (κ2) is 5.89. The van der Waals surface area contributed by atoms with Crippen LogP contribution < -0.4 is 10.2 Å². The number of pyridine rings is 1. The van der Waals surface area contributed by atoms with Crippen molar-refractivity contribution in [3.8, 4) is 0 Å². The van der Waals surface area contributed by atoms with Gasteiger partial charge in [0.25, 0.3) is 0 Å². The molecule has 0 radical (unpaired) electrons. The average Bonchev–Trinajstić information content (AvgIpc) is 2.48. The lowest BCUT2D eigenvalue weighted by atomic mass is 10.1. The van der Waals surface area contributed by atoms with Crippen molar-refractivity contribution in [1.82, 2.24) is 10.3 Å². The summed E-state index contributed by atoms with van der Waals surface area (Å²) in [6, 6.07) is 10.4. The third-order valence-electron chi connectivity index (χ3n) is 3.66. The highest BCUT2D eigenvalue weighted by Gasteiger charge is 2.17. The molecule has 2 aromatic rings. The summed E-state index contributed by atoms with van der Waals surface area (Å²) >= 11 is 0. The summed E-state index contributed by atoms with van der Waals surface area (Å²) in [5.41, 5.74) is 2.29. The molecule has 3 rings (SSSR count). The van der Waals surface area contributed by atoms with Crippen molar-refractivity contribution in [3.63, 3.8) is 0 Å². The van der Waals surface area contributed by atoms with Crippen LogP contribution in [0.5, 0.6) is 0 Å². The zero-order chi connectivity index (χ0) is 13.9. The first-order valence-electron chi connectivity index (χ1n) is 6.91. The lowest BCUT2D eigenvalue weighted by molar-refractivity contribution is 0.672. The smallest absolute Gasteiger partial charge is 0.129 e. The maximum absolute atomic E-state index is 11.5. The summed E-state index contributed by atoms with van der Waals surface area (Å²) in [5, 5.41) is 4.42. The predicted octanol–water partition coefficient (Wildman–Crippen LogP) is 1.52. The van der Waals surface area contributed by atoms with Crippen LogP contribution in [0.1, 0.15) is 5.56 Å². The minimum absolute atomic E-state index is 0.652. The molecule has 1 aliphatic heterocycles. The zero-order valence-corrected chi connectivity index (χ0v) is 12.4. The van der Waals surface area contributed by atoms with Crippen LogP contribution in [0, 0.1) is 0 Å². The van der Waals surface area contributed by atoms with E-state index in [1.807, 2.05) is 19.2 Å². The van der Waals surface area contributed by atoms with Gasteiger partial charge in [-0.3, -0.25) is 4.21 Å². The van der Waals surface area contributed by atoms with E-state index >= 15 is 0 Å². The molecule has 0 bridgehead atoms. The molecule has 106 valence electrons. The molecule has 1 saturated heterocycles. The van der Waals surface area contributed by atoms with E-state index in [4.69, 9.17) is 4.98 Å². The molecule has 0 amide bonds. The van der Waals surface area contributed by atoms with Crippen LogP contribution in [-0.2, 0) is 17.3 Å². The van der Waals surface area contributed by atoms with Crippen LogP contribution in [0.3, 0.4) is 0 Å². The van der Waals surface area contributed by atoms with E-state index in [1.165, 1.54) is 10.9 Å². The lowest BCUT2D eigenvalue weighted by Gasteiger charge is -2.28. The van der Waals surface area contributed by atoms with Gasteiger partial charge in [0.2, 0.25) is 0 Å². The van der Waals surface area contributed by atoms with Crippen LogP contribution >= 0.6 is 0 Å². The second-order valence-corrected chi connectivity index (χ2v) is 6.72. The highest BCUT2D eigenvalue weighted by molar-refractivity contribution is 7.85. The Hall–Kier alpha value is -1.46. The van der Waals surface area contributed by atoms with Crippen LogP contribution in [0.4, 0.5) is 5.82 Å². The molecule has 1 aromatic heterocycles. The number of fused-ring (bicyclic) bond motifs is 1. The zero-order valence-electron chi connectivity index (χ0n) is 11.6. The molecule has 0 atom stereocenters. The van der Waals surface area contributed by atoms with Crippen LogP contribution in [0.15, 0.2) is 30.3 Å². The fraction of sp³-hybridized carbons (Fsp3) is 0.400. The van der Waals surface area contributed by atoms with Crippen LogP contribution in [0.2, 0.25) is 0 Å². The molecule has 1 fully saturated rings. The number of hydrogen-bond donors (Lipinski definition) is 1. The first-order valence-corrected chi connectivity index (χ1v) is 8.40. The molecule has 1 aliphatic rings. The molecule has 5 heteroatoms. The summed E-state index contributed by atoms with van der Waals surface area (Å²) in [5.74, 6) is 2.50. The highest BCUT2D eigenvalue weighted by atomic mass is 32.2. The molecule has 0 spiro atoms. The van der Waals surface area contributed by atoms with Crippen LogP contribution in [0.25, 0.3) is 10.9 Å². The summed E-state index contributed by atoms with van der Waals surface area (Å²) in [6.07, 6.45) is 0. The number of aromatic nitrogens is 1. The molecule has 0 unspecified atom stereocenters. The topological polar surface area (TPSA) is 45.2 Å². The molecule has 1 aromatic carbocycles. The van der Waals surface area contributed by atoms with E-state index in [2.05, 4.69) is 28.4 Å². The molecule has 2 heterocycles. The molecule has 0 saturated carbocycles. The summed E-state index contributed by atoms with van der Waals surface area (Å²) in [6.45, 7) is 2.49. The first kappa shape index (κ1) is 13.5. The van der Waals surface area contributed by atoms with Gasteiger partial charge in [-0.15, -0.1) is 0 Å². The van der Waals surface area contributed by atoms with Gasteiger partial charge in [-0.25, -0.2) is 4.98 Å². The number of hydrogen-bond acceptors (Lipinski definition) is 4. The average molecular weight is 289 g/mol. The lowest BCUT2D eigenvalue weighted by Crippen LogP contribution is -2.38. The third kappa shape index (κ3) is 2.69. The number of anilines is 1. The van der Waals surface area contributed by atoms with Gasteiger partial charge < -0.3 is 10.2 Å². The quantitative estimate of drug-likeness (QED) is 0.930. The monoisotopic (exact) mass is 289 g/mol. The molecule has 20 heavy (non-hydrogen) atoms. The molecular weight excluding hydrogens is 270 g/mol. The normalized spacial score (nSPS) is 16.8. The second-order valence-electron chi connectivity index (χ2n) is 5.02. The van der Waals surface area contributed by atoms with E-state index < -0.39 is 10.8 Å². The standard InChI is InChI=1S/C15H19N3OS/c1-16-11-12-10-15(18-6-8-20(19)9-7-18)17-14-5-3-2-4-13(12)14/h2-5,10,16H,6-9,11H2,1H3. The van der Waals surface area contributed by atoms with Gasteiger partial charge in [-0.1, -0.05) is 18.2 Å². The Labute approximate surface area is 121 Å². The Balaban J connectivity index is 2.00. The maximum atomic E-state index is 11.5. The Kier molecular flexibility index (Phi) is 3.98. The van der Waals surface area contributed by atoms with Crippen molar-refractivity contribution < 1.29 is 4.21 Å². The van der Waals surface area contributed by atoms with E-state index in [-0.39, 0.29) is 0 Å². The number of benzene rings is 1. The Morgan fingerprint density at radius 2 is 2.05 bits per heavy atom.